The molecule has 0 aliphatic carbocycles. The molecule has 0 unspecified atom stereocenters. The van der Waals surface area contributed by atoms with Crippen LogP contribution in [0.1, 0.15) is 29.5 Å². The highest BCUT2D eigenvalue weighted by atomic mass is 127. The predicted molar refractivity (Wildman–Crippen MR) is 123 cm³/mol. The van der Waals surface area contributed by atoms with E-state index < -0.39 is 4.92 Å². The van der Waals surface area contributed by atoms with Gasteiger partial charge in [-0.2, -0.15) is 0 Å². The monoisotopic (exact) mass is 540 g/mol. The first-order chi connectivity index (χ1) is 14.4. The molecule has 1 aromatic heterocycles. The lowest BCUT2D eigenvalue weighted by atomic mass is 10.1. The number of aryl methyl sites for hydroxylation is 1. The summed E-state index contributed by atoms with van der Waals surface area (Å²) in [6.45, 7) is 4.25. The fourth-order valence-corrected chi connectivity index (χ4v) is 3.62. The fourth-order valence-electron chi connectivity index (χ4n) is 2.71. The smallest absolute Gasteiger partial charge is 0.338 e. The van der Waals surface area contributed by atoms with Crippen LogP contribution in [0.5, 0.6) is 11.5 Å². The largest absolute Gasteiger partial charge is 0.490 e. The molecule has 3 rings (SSSR count). The van der Waals surface area contributed by atoms with Crippen LogP contribution in [0.15, 0.2) is 40.9 Å². The molecule has 1 heterocycles. The third kappa shape index (κ3) is 5.31. The molecule has 0 saturated carbocycles. The average Bonchev–Trinajstić information content (AvgIpc) is 3.08. The second kappa shape index (κ2) is 9.94. The van der Waals surface area contributed by atoms with Gasteiger partial charge in [-0.3, -0.25) is 10.1 Å². The topological polar surface area (TPSA) is 87.6 Å². The van der Waals surface area contributed by atoms with E-state index in [0.717, 1.165) is 14.7 Å². The van der Waals surface area contributed by atoms with Crippen molar-refractivity contribution >= 4 is 52.0 Å². The molecule has 0 aliphatic rings. The van der Waals surface area contributed by atoms with Crippen molar-refractivity contribution in [2.24, 2.45) is 0 Å². The first kappa shape index (κ1) is 22.1. The average molecular weight is 541 g/mol. The lowest BCUT2D eigenvalue weighted by Crippen LogP contribution is -2.02. The lowest BCUT2D eigenvalue weighted by Gasteiger charge is -2.15. The minimum atomic E-state index is -0.505. The van der Waals surface area contributed by atoms with Crippen molar-refractivity contribution in [2.45, 2.75) is 20.5 Å². The number of aromatic nitrogens is 1. The summed E-state index contributed by atoms with van der Waals surface area (Å²) in [4.78, 5) is 10.7. The zero-order valence-electron chi connectivity index (χ0n) is 16.2. The Hall–Kier alpha value is -2.59. The van der Waals surface area contributed by atoms with Gasteiger partial charge in [-0.15, -0.1) is 0 Å². The van der Waals surface area contributed by atoms with E-state index in [1.807, 2.05) is 43.3 Å². The summed E-state index contributed by atoms with van der Waals surface area (Å²) in [6, 6.07) is 11.1. The number of hydrogen-bond donors (Lipinski definition) is 0. The third-order valence-corrected chi connectivity index (χ3v) is 5.15. The molecule has 0 spiro atoms. The van der Waals surface area contributed by atoms with E-state index in [2.05, 4.69) is 27.7 Å². The molecule has 9 heteroatoms. The molecule has 0 radical (unpaired) electrons. The molecular weight excluding hydrogens is 523 g/mol. The zero-order valence-corrected chi connectivity index (χ0v) is 19.1. The summed E-state index contributed by atoms with van der Waals surface area (Å²) in [7, 11) is 0. The van der Waals surface area contributed by atoms with Gasteiger partial charge in [0.25, 0.3) is 0 Å². The van der Waals surface area contributed by atoms with Gasteiger partial charge in [0.1, 0.15) is 6.61 Å². The van der Waals surface area contributed by atoms with Gasteiger partial charge >= 0.3 is 5.69 Å². The van der Waals surface area contributed by atoms with Crippen molar-refractivity contribution in [3.63, 3.8) is 0 Å². The summed E-state index contributed by atoms with van der Waals surface area (Å²) >= 11 is 8.10. The first-order valence-electron chi connectivity index (χ1n) is 9.01. The molecule has 0 N–H and O–H groups in total. The number of benzene rings is 2. The molecule has 0 atom stereocenters. The van der Waals surface area contributed by atoms with Crippen LogP contribution in [0.4, 0.5) is 5.69 Å². The van der Waals surface area contributed by atoms with Gasteiger partial charge in [0.2, 0.25) is 5.76 Å². The van der Waals surface area contributed by atoms with E-state index in [9.17, 15) is 10.1 Å². The quantitative estimate of drug-likeness (QED) is 0.189. The van der Waals surface area contributed by atoms with Crippen LogP contribution in [-0.2, 0) is 6.61 Å². The molecule has 0 amide bonds. The van der Waals surface area contributed by atoms with Gasteiger partial charge in [0, 0.05) is 5.02 Å². The number of nitrogens with zero attached hydrogens (tertiary/aromatic N) is 2. The van der Waals surface area contributed by atoms with E-state index in [4.69, 9.17) is 25.6 Å². The van der Waals surface area contributed by atoms with Crippen LogP contribution >= 0.6 is 34.2 Å². The number of rotatable bonds is 8. The van der Waals surface area contributed by atoms with E-state index in [1.54, 1.807) is 6.08 Å². The molecule has 0 fully saturated rings. The second-order valence-electron chi connectivity index (χ2n) is 6.25. The van der Waals surface area contributed by atoms with Gasteiger partial charge in [0.05, 0.1) is 15.1 Å². The predicted octanol–water partition coefficient (Wildman–Crippen LogP) is 6.30. The van der Waals surface area contributed by atoms with Crippen LogP contribution in [0, 0.1) is 20.6 Å². The van der Waals surface area contributed by atoms with Gasteiger partial charge in [0.15, 0.2) is 17.2 Å². The highest BCUT2D eigenvalue weighted by molar-refractivity contribution is 14.1. The molecule has 2 aromatic carbocycles. The molecule has 156 valence electrons. The molecule has 30 heavy (non-hydrogen) atoms. The van der Waals surface area contributed by atoms with E-state index in [1.165, 1.54) is 13.0 Å². The maximum atomic E-state index is 11.2. The van der Waals surface area contributed by atoms with Crippen molar-refractivity contribution in [3.8, 4) is 11.5 Å². The van der Waals surface area contributed by atoms with Crippen LogP contribution in [-0.4, -0.2) is 16.7 Å². The second-order valence-corrected chi connectivity index (χ2v) is 7.85. The molecule has 3 aromatic rings. The Balaban J connectivity index is 1.85. The summed E-state index contributed by atoms with van der Waals surface area (Å²) in [5.41, 5.74) is 1.85. The van der Waals surface area contributed by atoms with Crippen molar-refractivity contribution in [2.75, 3.05) is 6.61 Å². The van der Waals surface area contributed by atoms with E-state index in [0.29, 0.717) is 29.7 Å². The molecule has 0 bridgehead atoms. The standard InChI is InChI=1S/C21H18ClIN2O5/c1-3-28-19-11-15(6-9-18-20(25(26)27)13(2)24-30-18)10-17(23)21(19)29-12-14-4-7-16(22)8-5-14/h4-11H,3,12H2,1-2H3/b9-6-. The highest BCUT2D eigenvalue weighted by Crippen LogP contribution is 2.36. The van der Waals surface area contributed by atoms with Crippen LogP contribution in [0.25, 0.3) is 12.2 Å². The van der Waals surface area contributed by atoms with Gasteiger partial charge in [-0.1, -0.05) is 35.0 Å². The first-order valence-corrected chi connectivity index (χ1v) is 10.5. The summed E-state index contributed by atoms with van der Waals surface area (Å²) in [6.07, 6.45) is 3.23. The number of hydrogen-bond acceptors (Lipinski definition) is 6. The van der Waals surface area contributed by atoms with E-state index in [-0.39, 0.29) is 17.1 Å². The molecule has 0 aliphatic heterocycles. The van der Waals surface area contributed by atoms with Crippen molar-refractivity contribution in [1.82, 2.24) is 5.16 Å². The Kier molecular flexibility index (Phi) is 7.33. The SMILES string of the molecule is CCOc1cc(/C=C\c2onc(C)c2[N+](=O)[O-])cc(I)c1OCc1ccc(Cl)cc1. The van der Waals surface area contributed by atoms with Crippen molar-refractivity contribution in [3.05, 3.63) is 77.7 Å². The number of halogens is 2. The molecular formula is C21H18ClIN2O5. The van der Waals surface area contributed by atoms with E-state index >= 15 is 0 Å². The Bertz CT molecular complexity index is 1080. The Morgan fingerprint density at radius 1 is 1.23 bits per heavy atom. The van der Waals surface area contributed by atoms with Crippen molar-refractivity contribution < 1.29 is 18.9 Å². The maximum Gasteiger partial charge on any atom is 0.338 e. The molecule has 0 saturated heterocycles. The summed E-state index contributed by atoms with van der Waals surface area (Å²) in [5.74, 6) is 1.31. The Morgan fingerprint density at radius 2 is 1.97 bits per heavy atom. The van der Waals surface area contributed by atoms with Gasteiger partial charge in [-0.25, -0.2) is 0 Å². The zero-order chi connectivity index (χ0) is 21.7. The fraction of sp³-hybridized carbons (Fsp3) is 0.190. The van der Waals surface area contributed by atoms with Crippen LogP contribution < -0.4 is 9.47 Å². The summed E-state index contributed by atoms with van der Waals surface area (Å²) < 4.78 is 17.7. The Labute approximate surface area is 191 Å². The minimum absolute atomic E-state index is 0.0912. The Morgan fingerprint density at radius 3 is 2.63 bits per heavy atom. The minimum Gasteiger partial charge on any atom is -0.490 e. The third-order valence-electron chi connectivity index (χ3n) is 4.09. The van der Waals surface area contributed by atoms with Gasteiger partial charge in [-0.05, 0) is 77.9 Å². The van der Waals surface area contributed by atoms with Crippen LogP contribution in [0.2, 0.25) is 5.02 Å². The maximum absolute atomic E-state index is 11.2. The number of nitro groups is 1. The van der Waals surface area contributed by atoms with Gasteiger partial charge < -0.3 is 14.0 Å². The van der Waals surface area contributed by atoms with Crippen LogP contribution in [0.3, 0.4) is 0 Å². The lowest BCUT2D eigenvalue weighted by molar-refractivity contribution is -0.386. The number of ether oxygens (including phenoxy) is 2. The highest BCUT2D eigenvalue weighted by Gasteiger charge is 2.22. The molecule has 7 nitrogen and oxygen atoms in total. The normalized spacial score (nSPS) is 11.1. The summed E-state index contributed by atoms with van der Waals surface area (Å²) in [5, 5.41) is 15.5. The van der Waals surface area contributed by atoms with Crippen molar-refractivity contribution in [1.29, 1.82) is 0 Å².